The van der Waals surface area contributed by atoms with Crippen molar-refractivity contribution < 1.29 is 14.7 Å². The summed E-state index contributed by atoms with van der Waals surface area (Å²) >= 11 is 6.18. The number of rotatable bonds is 4. The van der Waals surface area contributed by atoms with Crippen molar-refractivity contribution >= 4 is 23.6 Å². The summed E-state index contributed by atoms with van der Waals surface area (Å²) in [5, 5.41) is 15.8. The van der Waals surface area contributed by atoms with Crippen LogP contribution in [0.4, 0.5) is 4.79 Å². The van der Waals surface area contributed by atoms with Gasteiger partial charge in [0.2, 0.25) is 0 Å². The summed E-state index contributed by atoms with van der Waals surface area (Å²) in [5.41, 5.74) is 0.964. The molecule has 0 aliphatic heterocycles. The molecule has 0 aromatic carbocycles. The third kappa shape index (κ3) is 4.10. The van der Waals surface area contributed by atoms with E-state index in [4.69, 9.17) is 11.6 Å². The Balaban J connectivity index is 1.40. The maximum Gasteiger partial charge on any atom is 0.252 e. The van der Waals surface area contributed by atoms with Crippen LogP contribution in [0.15, 0.2) is 12.3 Å². The van der Waals surface area contributed by atoms with Gasteiger partial charge in [-0.1, -0.05) is 17.5 Å². The van der Waals surface area contributed by atoms with Gasteiger partial charge in [0.15, 0.2) is 0 Å². The number of amides is 2. The van der Waals surface area contributed by atoms with Crippen molar-refractivity contribution in [3.8, 4) is 11.8 Å². The topological polar surface area (TPSA) is 94.1 Å². The van der Waals surface area contributed by atoms with Crippen LogP contribution in [0.1, 0.15) is 54.6 Å². The van der Waals surface area contributed by atoms with Crippen molar-refractivity contribution in [2.24, 2.45) is 23.2 Å². The normalized spacial score (nSPS) is 29.7. The van der Waals surface area contributed by atoms with E-state index in [9.17, 15) is 14.7 Å². The second kappa shape index (κ2) is 7.63. The lowest BCUT2D eigenvalue weighted by Crippen LogP contribution is -2.51. The smallest absolute Gasteiger partial charge is 0.252 e. The Kier molecular flexibility index (Phi) is 5.20. The number of hydrogen-bond acceptors (Lipinski definition) is 4. The van der Waals surface area contributed by atoms with Crippen molar-refractivity contribution in [1.82, 2.24) is 15.6 Å². The van der Waals surface area contributed by atoms with Crippen molar-refractivity contribution in [2.75, 3.05) is 13.1 Å². The number of carbonyl (C=O) groups is 2. The van der Waals surface area contributed by atoms with Gasteiger partial charge in [-0.15, -0.1) is 0 Å². The molecule has 0 unspecified atom stereocenters. The van der Waals surface area contributed by atoms with Gasteiger partial charge in [-0.3, -0.25) is 4.79 Å². The predicted molar refractivity (Wildman–Crippen MR) is 102 cm³/mol. The zero-order valence-electron chi connectivity index (χ0n) is 15.6. The largest absolute Gasteiger partial charge is 0.530 e. The number of nitrogens with one attached hydrogen (secondary N) is 2. The highest BCUT2D eigenvalue weighted by atomic mass is 35.5. The van der Waals surface area contributed by atoms with E-state index in [1.807, 2.05) is 5.32 Å². The summed E-state index contributed by atoms with van der Waals surface area (Å²) in [6, 6.07) is 1.55. The minimum Gasteiger partial charge on any atom is -0.530 e. The molecule has 0 saturated heterocycles. The Bertz CT molecular complexity index is 823. The fourth-order valence-electron chi connectivity index (χ4n) is 5.80. The lowest BCUT2D eigenvalue weighted by atomic mass is 9.49. The molecule has 5 rings (SSSR count). The first-order valence-corrected chi connectivity index (χ1v) is 10.2. The Morgan fingerprint density at radius 3 is 2.43 bits per heavy atom. The minimum absolute atomic E-state index is 0.0693. The number of pyridine rings is 1. The zero-order chi connectivity index (χ0) is 19.7. The summed E-state index contributed by atoms with van der Waals surface area (Å²) in [4.78, 5) is 27.2. The van der Waals surface area contributed by atoms with Crippen LogP contribution in [0.2, 0.25) is 5.02 Å². The van der Waals surface area contributed by atoms with Crippen LogP contribution in [0.3, 0.4) is 0 Å². The molecule has 4 saturated carbocycles. The number of aromatic nitrogens is 1. The highest BCUT2D eigenvalue weighted by Crippen LogP contribution is 2.59. The maximum absolute atomic E-state index is 12.8. The second-order valence-corrected chi connectivity index (χ2v) is 9.00. The van der Waals surface area contributed by atoms with Crippen molar-refractivity contribution in [3.63, 3.8) is 0 Å². The number of carbonyl (C=O) groups excluding carboxylic acids is 2. The van der Waals surface area contributed by atoms with E-state index in [0.717, 1.165) is 17.8 Å². The second-order valence-electron chi connectivity index (χ2n) is 8.59. The molecule has 0 atom stereocenters. The van der Waals surface area contributed by atoms with Crippen molar-refractivity contribution in [1.29, 1.82) is 0 Å². The maximum atomic E-state index is 12.8. The average molecular weight is 401 g/mol. The molecule has 2 N–H and O–H groups in total. The predicted octanol–water partition coefficient (Wildman–Crippen LogP) is 1.97. The summed E-state index contributed by atoms with van der Waals surface area (Å²) in [6.45, 7) is 0.630. The van der Waals surface area contributed by atoms with E-state index in [2.05, 4.69) is 22.1 Å². The van der Waals surface area contributed by atoms with Gasteiger partial charge in [-0.2, -0.15) is 0 Å². The Labute approximate surface area is 169 Å². The molecular weight excluding hydrogens is 378 g/mol. The Morgan fingerprint density at radius 1 is 1.18 bits per heavy atom. The molecule has 1 heterocycles. The van der Waals surface area contributed by atoms with Gasteiger partial charge in [0, 0.05) is 12.7 Å². The standard InChI is InChI=1S/C21H24ClN3O3/c22-18-11-24-16(2-1-3-23-20(27)28)7-17(18)19(26)25-12-21-8-13-4-14(9-21)6-15(5-13)10-21/h7,11,13-15,23H,3-6,8-10,12H2,(H,25,26)(H,27,28)/p-1. The molecule has 4 fully saturated rings. The molecule has 148 valence electrons. The first-order valence-electron chi connectivity index (χ1n) is 9.80. The molecule has 4 aliphatic carbocycles. The molecular formula is C21H23ClN3O3-. The van der Waals surface area contributed by atoms with Gasteiger partial charge in [0.05, 0.1) is 17.1 Å². The molecule has 1 aromatic rings. The SMILES string of the molecule is O=C([O-])NCC#Cc1cc(C(=O)NCC23CC4CC(CC(C4)C2)C3)c(Cl)cn1. The van der Waals surface area contributed by atoms with Crippen LogP contribution in [0, 0.1) is 35.0 Å². The van der Waals surface area contributed by atoms with Gasteiger partial charge in [-0.05, 0) is 73.7 Å². The highest BCUT2D eigenvalue weighted by Gasteiger charge is 2.50. The molecule has 0 radical (unpaired) electrons. The van der Waals surface area contributed by atoms with Crippen LogP contribution in [0.5, 0.6) is 0 Å². The fraction of sp³-hybridized carbons (Fsp3) is 0.571. The summed E-state index contributed by atoms with van der Waals surface area (Å²) in [7, 11) is 0. The van der Waals surface area contributed by atoms with Gasteiger partial charge >= 0.3 is 0 Å². The first kappa shape index (κ1) is 19.1. The third-order valence-corrected chi connectivity index (χ3v) is 6.73. The van der Waals surface area contributed by atoms with Crippen molar-refractivity contribution in [3.05, 3.63) is 28.5 Å². The monoisotopic (exact) mass is 400 g/mol. The summed E-state index contributed by atoms with van der Waals surface area (Å²) in [5.74, 6) is 7.64. The zero-order valence-corrected chi connectivity index (χ0v) is 16.3. The summed E-state index contributed by atoms with van der Waals surface area (Å²) < 4.78 is 0. The Morgan fingerprint density at radius 2 is 1.82 bits per heavy atom. The molecule has 4 bridgehead atoms. The molecule has 7 heteroatoms. The molecule has 2 amide bonds. The van der Waals surface area contributed by atoms with E-state index in [0.29, 0.717) is 17.8 Å². The average Bonchev–Trinajstić information content (AvgIpc) is 2.63. The van der Waals surface area contributed by atoms with E-state index < -0.39 is 6.09 Å². The van der Waals surface area contributed by atoms with E-state index in [-0.39, 0.29) is 22.9 Å². The quantitative estimate of drug-likeness (QED) is 0.755. The molecule has 4 aliphatic rings. The van der Waals surface area contributed by atoms with Crippen LogP contribution < -0.4 is 15.7 Å². The molecule has 28 heavy (non-hydrogen) atoms. The molecule has 0 spiro atoms. The van der Waals surface area contributed by atoms with E-state index >= 15 is 0 Å². The fourth-order valence-corrected chi connectivity index (χ4v) is 5.99. The summed E-state index contributed by atoms with van der Waals surface area (Å²) in [6.07, 6.45) is 7.82. The van der Waals surface area contributed by atoms with Crippen molar-refractivity contribution in [2.45, 2.75) is 38.5 Å². The van der Waals surface area contributed by atoms with Gasteiger partial charge in [-0.25, -0.2) is 4.98 Å². The lowest BCUT2D eigenvalue weighted by molar-refractivity contribution is -0.250. The van der Waals surface area contributed by atoms with Crippen LogP contribution in [-0.2, 0) is 0 Å². The number of halogens is 1. The number of nitrogens with zero attached hydrogens (tertiary/aromatic N) is 1. The molecule has 1 aromatic heterocycles. The van der Waals surface area contributed by atoms with Crippen LogP contribution >= 0.6 is 11.6 Å². The Hall–Kier alpha value is -2.26. The minimum atomic E-state index is -1.39. The van der Waals surface area contributed by atoms with Gasteiger partial charge in [0.25, 0.3) is 5.91 Å². The first-order chi connectivity index (χ1) is 13.4. The molecule has 6 nitrogen and oxygen atoms in total. The third-order valence-electron chi connectivity index (χ3n) is 6.43. The van der Waals surface area contributed by atoms with E-state index in [1.54, 1.807) is 6.07 Å². The van der Waals surface area contributed by atoms with E-state index in [1.165, 1.54) is 44.7 Å². The van der Waals surface area contributed by atoms with Gasteiger partial charge < -0.3 is 20.5 Å². The van der Waals surface area contributed by atoms with Crippen LogP contribution in [0.25, 0.3) is 0 Å². The van der Waals surface area contributed by atoms with Gasteiger partial charge in [0.1, 0.15) is 11.8 Å². The van der Waals surface area contributed by atoms with Crippen LogP contribution in [-0.4, -0.2) is 30.1 Å². The number of hydrogen-bond donors (Lipinski definition) is 2. The highest BCUT2D eigenvalue weighted by molar-refractivity contribution is 6.33. The number of carboxylic acid groups (broad SMARTS) is 1. The lowest BCUT2D eigenvalue weighted by Gasteiger charge is -2.56.